The second kappa shape index (κ2) is 7.16. The third-order valence-electron chi connectivity index (χ3n) is 5.01. The fraction of sp³-hybridized carbons (Fsp3) is 0.526. The molecule has 1 aliphatic carbocycles. The van der Waals surface area contributed by atoms with Crippen LogP contribution in [-0.2, 0) is 9.59 Å². The average molecular weight is 327 g/mol. The zero-order valence-corrected chi connectivity index (χ0v) is 14.4. The predicted octanol–water partition coefficient (Wildman–Crippen LogP) is 2.91. The number of hydrazone groups is 1. The Kier molecular flexibility index (Phi) is 4.97. The number of hydrogen-bond acceptors (Lipinski definition) is 4. The van der Waals surface area contributed by atoms with Crippen LogP contribution in [-0.4, -0.2) is 29.5 Å². The van der Waals surface area contributed by atoms with Crippen LogP contribution in [0.3, 0.4) is 0 Å². The first kappa shape index (κ1) is 16.7. The maximum absolute atomic E-state index is 12.6. The Morgan fingerprint density at radius 2 is 1.79 bits per heavy atom. The van der Waals surface area contributed by atoms with Crippen molar-refractivity contribution in [2.24, 2.45) is 11.0 Å². The summed E-state index contributed by atoms with van der Waals surface area (Å²) in [4.78, 5) is 24.5. The minimum absolute atomic E-state index is 0.0249. The van der Waals surface area contributed by atoms with E-state index in [4.69, 9.17) is 0 Å². The van der Waals surface area contributed by atoms with Crippen molar-refractivity contribution in [3.05, 3.63) is 30.3 Å². The lowest BCUT2D eigenvalue weighted by Crippen LogP contribution is -2.41. The molecule has 1 heterocycles. The predicted molar refractivity (Wildman–Crippen MR) is 95.0 cm³/mol. The zero-order valence-electron chi connectivity index (χ0n) is 14.4. The van der Waals surface area contributed by atoms with Crippen molar-refractivity contribution in [1.29, 1.82) is 0 Å². The van der Waals surface area contributed by atoms with Gasteiger partial charge in [-0.3, -0.25) is 14.6 Å². The Balaban J connectivity index is 1.71. The van der Waals surface area contributed by atoms with E-state index in [0.29, 0.717) is 12.1 Å². The molecule has 0 aromatic heterocycles. The van der Waals surface area contributed by atoms with E-state index in [0.717, 1.165) is 37.3 Å². The van der Waals surface area contributed by atoms with E-state index in [9.17, 15) is 9.59 Å². The van der Waals surface area contributed by atoms with Gasteiger partial charge in [-0.15, -0.1) is 0 Å². The maximum atomic E-state index is 12.6. The molecule has 24 heavy (non-hydrogen) atoms. The van der Waals surface area contributed by atoms with E-state index in [1.807, 2.05) is 30.3 Å². The molecule has 1 atom stereocenters. The van der Waals surface area contributed by atoms with E-state index < -0.39 is 0 Å². The first-order chi connectivity index (χ1) is 11.5. The lowest BCUT2D eigenvalue weighted by Gasteiger charge is -2.26. The molecule has 128 valence electrons. The van der Waals surface area contributed by atoms with Gasteiger partial charge in [-0.1, -0.05) is 25.1 Å². The summed E-state index contributed by atoms with van der Waals surface area (Å²) in [6, 6.07) is 9.39. The Morgan fingerprint density at radius 1 is 1.12 bits per heavy atom. The summed E-state index contributed by atoms with van der Waals surface area (Å²) in [7, 11) is 0. The van der Waals surface area contributed by atoms with E-state index in [-0.39, 0.29) is 23.8 Å². The van der Waals surface area contributed by atoms with Gasteiger partial charge in [0.05, 0.1) is 5.69 Å². The molecule has 3 rings (SSSR count). The van der Waals surface area contributed by atoms with Crippen LogP contribution >= 0.6 is 0 Å². The molecule has 1 fully saturated rings. The number of para-hydroxylation sites is 1. The van der Waals surface area contributed by atoms with Gasteiger partial charge in [-0.25, -0.2) is 0 Å². The second-order valence-corrected chi connectivity index (χ2v) is 6.99. The molecule has 0 saturated heterocycles. The highest BCUT2D eigenvalue weighted by molar-refractivity contribution is 6.40. The fourth-order valence-electron chi connectivity index (χ4n) is 3.46. The van der Waals surface area contributed by atoms with Crippen LogP contribution < -0.4 is 10.3 Å². The molecule has 2 aliphatic rings. The summed E-state index contributed by atoms with van der Waals surface area (Å²) >= 11 is 0. The minimum atomic E-state index is -0.389. The number of nitrogens with zero attached hydrogens (tertiary/aromatic N) is 2. The number of anilines is 1. The van der Waals surface area contributed by atoms with Gasteiger partial charge in [0.25, 0.3) is 5.91 Å². The van der Waals surface area contributed by atoms with Crippen molar-refractivity contribution in [1.82, 2.24) is 5.32 Å². The van der Waals surface area contributed by atoms with E-state index in [1.54, 1.807) is 11.9 Å². The van der Waals surface area contributed by atoms with Crippen molar-refractivity contribution < 1.29 is 9.59 Å². The Labute approximate surface area is 143 Å². The molecule has 1 amide bonds. The number of rotatable bonds is 4. The maximum Gasteiger partial charge on any atom is 0.267 e. The number of hydrogen-bond donors (Lipinski definition) is 1. The van der Waals surface area contributed by atoms with E-state index in [1.165, 1.54) is 0 Å². The van der Waals surface area contributed by atoms with E-state index >= 15 is 0 Å². The van der Waals surface area contributed by atoms with Gasteiger partial charge in [0.2, 0.25) is 0 Å². The van der Waals surface area contributed by atoms with Gasteiger partial charge in [0.1, 0.15) is 11.8 Å². The SMILES string of the molecule is CC(=O)C1CC(C(=O)NC2CCC(C)CC2)=NN1c1ccccc1. The van der Waals surface area contributed by atoms with Crippen molar-refractivity contribution in [3.8, 4) is 0 Å². The molecular formula is C19H25N3O2. The van der Waals surface area contributed by atoms with Crippen LogP contribution in [0.1, 0.15) is 46.0 Å². The van der Waals surface area contributed by atoms with Crippen molar-refractivity contribution in [3.63, 3.8) is 0 Å². The molecule has 0 bridgehead atoms. The monoisotopic (exact) mass is 327 g/mol. The molecule has 1 N–H and O–H groups in total. The third-order valence-corrected chi connectivity index (χ3v) is 5.01. The fourth-order valence-corrected chi connectivity index (χ4v) is 3.46. The number of carbonyl (C=O) groups is 2. The summed E-state index contributed by atoms with van der Waals surface area (Å²) in [5.74, 6) is 0.647. The summed E-state index contributed by atoms with van der Waals surface area (Å²) in [6.45, 7) is 3.81. The molecule has 0 radical (unpaired) electrons. The van der Waals surface area contributed by atoms with Crippen LogP contribution in [0, 0.1) is 5.92 Å². The molecule has 0 spiro atoms. The van der Waals surface area contributed by atoms with Gasteiger partial charge >= 0.3 is 0 Å². The quantitative estimate of drug-likeness (QED) is 0.925. The zero-order chi connectivity index (χ0) is 17.1. The molecule has 1 aromatic rings. The lowest BCUT2D eigenvalue weighted by molar-refractivity contribution is -0.118. The highest BCUT2D eigenvalue weighted by Gasteiger charge is 2.34. The van der Waals surface area contributed by atoms with Crippen LogP contribution in [0.2, 0.25) is 0 Å². The summed E-state index contributed by atoms with van der Waals surface area (Å²) < 4.78 is 0. The summed E-state index contributed by atoms with van der Waals surface area (Å²) in [5, 5.41) is 9.24. The van der Waals surface area contributed by atoms with Crippen molar-refractivity contribution in [2.45, 2.75) is 58.0 Å². The first-order valence-corrected chi connectivity index (χ1v) is 8.77. The second-order valence-electron chi connectivity index (χ2n) is 6.99. The van der Waals surface area contributed by atoms with E-state index in [2.05, 4.69) is 17.3 Å². The molecular weight excluding hydrogens is 302 g/mol. The van der Waals surface area contributed by atoms with Crippen LogP contribution in [0.25, 0.3) is 0 Å². The third kappa shape index (κ3) is 3.66. The topological polar surface area (TPSA) is 61.8 Å². The van der Waals surface area contributed by atoms with Crippen molar-refractivity contribution in [2.75, 3.05) is 5.01 Å². The molecule has 1 aromatic carbocycles. The molecule has 5 nitrogen and oxygen atoms in total. The summed E-state index contributed by atoms with van der Waals surface area (Å²) in [5.41, 5.74) is 1.30. The number of carbonyl (C=O) groups excluding carboxylic acids is 2. The van der Waals surface area contributed by atoms with Gasteiger partial charge in [-0.2, -0.15) is 5.10 Å². The van der Waals surface area contributed by atoms with Gasteiger partial charge < -0.3 is 5.32 Å². The molecule has 1 aliphatic heterocycles. The molecule has 5 heteroatoms. The molecule has 1 unspecified atom stereocenters. The number of amides is 1. The molecule has 1 saturated carbocycles. The largest absolute Gasteiger partial charge is 0.348 e. The summed E-state index contributed by atoms with van der Waals surface area (Å²) in [6.07, 6.45) is 4.74. The number of nitrogens with one attached hydrogen (secondary N) is 1. The van der Waals surface area contributed by atoms with Crippen molar-refractivity contribution >= 4 is 23.1 Å². The number of benzene rings is 1. The number of ketones is 1. The average Bonchev–Trinajstić information content (AvgIpc) is 3.03. The smallest absolute Gasteiger partial charge is 0.267 e. The Bertz CT molecular complexity index is 633. The minimum Gasteiger partial charge on any atom is -0.348 e. The normalized spacial score (nSPS) is 26.8. The Hall–Kier alpha value is -2.17. The van der Waals surface area contributed by atoms with Crippen LogP contribution in [0.5, 0.6) is 0 Å². The lowest BCUT2D eigenvalue weighted by atomic mass is 9.87. The van der Waals surface area contributed by atoms with Crippen LogP contribution in [0.4, 0.5) is 5.69 Å². The standard InChI is InChI=1S/C19H25N3O2/c1-13-8-10-15(11-9-13)20-19(24)17-12-18(14(2)23)22(21-17)16-6-4-3-5-7-16/h3-7,13,15,18H,8-12H2,1-2H3,(H,20,24). The van der Waals surface area contributed by atoms with Gasteiger partial charge in [0, 0.05) is 12.5 Å². The first-order valence-electron chi connectivity index (χ1n) is 8.77. The highest BCUT2D eigenvalue weighted by atomic mass is 16.2. The Morgan fingerprint density at radius 3 is 2.42 bits per heavy atom. The number of Topliss-reactive ketones (excluding diaryl/α,β-unsaturated/α-hetero) is 1. The van der Waals surface area contributed by atoms with Crippen LogP contribution in [0.15, 0.2) is 35.4 Å². The highest BCUT2D eigenvalue weighted by Crippen LogP contribution is 2.26. The van der Waals surface area contributed by atoms with Gasteiger partial charge in [0.15, 0.2) is 5.78 Å². The van der Waals surface area contributed by atoms with Gasteiger partial charge in [-0.05, 0) is 50.7 Å².